The quantitative estimate of drug-likeness (QED) is 0.646. The molecule has 0 bridgehead atoms. The number of aromatic nitrogens is 1. The maximum atomic E-state index is 12.8. The minimum absolute atomic E-state index is 0.0283. The first-order valence-corrected chi connectivity index (χ1v) is 5.59. The summed E-state index contributed by atoms with van der Waals surface area (Å²) in [7, 11) is 0. The van der Waals surface area contributed by atoms with Gasteiger partial charge in [0.15, 0.2) is 0 Å². The van der Waals surface area contributed by atoms with Crippen LogP contribution in [0.15, 0.2) is 36.5 Å². The molecular weight excluding hydrogens is 279 g/mol. The number of hydrogen-bond acceptors (Lipinski definition) is 3. The normalized spacial score (nSPS) is 11.4. The van der Waals surface area contributed by atoms with Crippen LogP contribution >= 0.6 is 11.6 Å². The average molecular weight is 288 g/mol. The van der Waals surface area contributed by atoms with E-state index in [-0.39, 0.29) is 10.8 Å². The number of hydrogen-bond donors (Lipinski definition) is 2. The molecule has 0 saturated carbocycles. The fourth-order valence-electron chi connectivity index (χ4n) is 1.53. The van der Waals surface area contributed by atoms with Crippen molar-refractivity contribution in [1.82, 2.24) is 4.98 Å². The van der Waals surface area contributed by atoms with Gasteiger partial charge in [0, 0.05) is 17.6 Å². The molecule has 3 nitrogen and oxygen atoms in total. The minimum Gasteiger partial charge on any atom is -0.399 e. The van der Waals surface area contributed by atoms with Gasteiger partial charge in [0.05, 0.1) is 11.3 Å². The van der Waals surface area contributed by atoms with Crippen LogP contribution in [0.4, 0.5) is 30.2 Å². The highest BCUT2D eigenvalue weighted by Crippen LogP contribution is 2.36. The van der Waals surface area contributed by atoms with Crippen molar-refractivity contribution >= 4 is 28.7 Å². The molecule has 2 rings (SSSR count). The zero-order chi connectivity index (χ0) is 14.0. The molecule has 0 aliphatic heterocycles. The lowest BCUT2D eigenvalue weighted by atomic mass is 10.2. The molecule has 0 aliphatic carbocycles. The molecule has 0 unspecified atom stereocenters. The smallest absolute Gasteiger partial charge is 0.399 e. The SMILES string of the molecule is Nc1cccc(Nc2cc(Cl)ncc2C(F)(F)F)c1. The van der Waals surface area contributed by atoms with E-state index in [9.17, 15) is 13.2 Å². The first kappa shape index (κ1) is 13.5. The van der Waals surface area contributed by atoms with Crippen molar-refractivity contribution in [3.8, 4) is 0 Å². The lowest BCUT2D eigenvalue weighted by Crippen LogP contribution is -2.09. The van der Waals surface area contributed by atoms with E-state index in [1.165, 1.54) is 6.07 Å². The minimum atomic E-state index is -4.51. The van der Waals surface area contributed by atoms with Gasteiger partial charge in [0.1, 0.15) is 5.15 Å². The van der Waals surface area contributed by atoms with Crippen LogP contribution in [0.1, 0.15) is 5.56 Å². The predicted molar refractivity (Wildman–Crippen MR) is 68.4 cm³/mol. The third-order valence-electron chi connectivity index (χ3n) is 2.34. The Morgan fingerprint density at radius 2 is 1.95 bits per heavy atom. The topological polar surface area (TPSA) is 50.9 Å². The van der Waals surface area contributed by atoms with Gasteiger partial charge in [-0.2, -0.15) is 13.2 Å². The van der Waals surface area contributed by atoms with Crippen LogP contribution in [-0.2, 0) is 6.18 Å². The van der Waals surface area contributed by atoms with Crippen molar-refractivity contribution in [2.24, 2.45) is 0 Å². The van der Waals surface area contributed by atoms with E-state index in [0.717, 1.165) is 6.07 Å². The summed E-state index contributed by atoms with van der Waals surface area (Å²) >= 11 is 5.62. The summed E-state index contributed by atoms with van der Waals surface area (Å²) in [6.45, 7) is 0. The summed E-state index contributed by atoms with van der Waals surface area (Å²) in [5.41, 5.74) is 5.39. The molecule has 100 valence electrons. The van der Waals surface area contributed by atoms with Crippen molar-refractivity contribution in [2.75, 3.05) is 11.1 Å². The first-order valence-electron chi connectivity index (χ1n) is 5.21. The molecule has 7 heteroatoms. The zero-order valence-corrected chi connectivity index (χ0v) is 10.3. The van der Waals surface area contributed by atoms with E-state index in [1.54, 1.807) is 18.2 Å². The van der Waals surface area contributed by atoms with Crippen LogP contribution < -0.4 is 11.1 Å². The summed E-state index contributed by atoms with van der Waals surface area (Å²) in [5.74, 6) is 0. The number of pyridine rings is 1. The van der Waals surface area contributed by atoms with Gasteiger partial charge in [0.2, 0.25) is 0 Å². The predicted octanol–water partition coefficient (Wildman–Crippen LogP) is 4.08. The summed E-state index contributed by atoms with van der Waals surface area (Å²) in [5, 5.41) is 2.61. The lowest BCUT2D eigenvalue weighted by Gasteiger charge is -2.14. The highest BCUT2D eigenvalue weighted by atomic mass is 35.5. The molecule has 0 saturated heterocycles. The molecule has 0 spiro atoms. The summed E-state index contributed by atoms with van der Waals surface area (Å²) in [4.78, 5) is 3.45. The molecule has 0 atom stereocenters. The van der Waals surface area contributed by atoms with Gasteiger partial charge < -0.3 is 11.1 Å². The van der Waals surface area contributed by atoms with E-state index < -0.39 is 11.7 Å². The molecular formula is C12H9ClF3N3. The number of benzene rings is 1. The number of nitrogens with one attached hydrogen (secondary N) is 1. The second-order valence-electron chi connectivity index (χ2n) is 3.80. The Morgan fingerprint density at radius 1 is 1.21 bits per heavy atom. The van der Waals surface area contributed by atoms with E-state index in [2.05, 4.69) is 10.3 Å². The summed E-state index contributed by atoms with van der Waals surface area (Å²) in [6.07, 6.45) is -3.82. The van der Waals surface area contributed by atoms with E-state index >= 15 is 0 Å². The number of nitrogens with zero attached hydrogens (tertiary/aromatic N) is 1. The molecule has 0 fully saturated rings. The summed E-state index contributed by atoms with van der Waals surface area (Å²) in [6, 6.07) is 7.51. The monoisotopic (exact) mass is 287 g/mol. The van der Waals surface area contributed by atoms with Crippen LogP contribution in [0.25, 0.3) is 0 Å². The first-order chi connectivity index (χ1) is 8.86. The molecule has 19 heavy (non-hydrogen) atoms. The molecule has 0 amide bonds. The lowest BCUT2D eigenvalue weighted by molar-refractivity contribution is -0.137. The summed E-state index contributed by atoms with van der Waals surface area (Å²) < 4.78 is 38.4. The molecule has 1 heterocycles. The Labute approximate surface area is 112 Å². The highest BCUT2D eigenvalue weighted by molar-refractivity contribution is 6.29. The van der Waals surface area contributed by atoms with Crippen molar-refractivity contribution in [3.63, 3.8) is 0 Å². The molecule has 0 radical (unpaired) electrons. The Bertz CT molecular complexity index is 599. The Kier molecular flexibility index (Phi) is 3.53. The molecule has 1 aromatic heterocycles. The number of anilines is 3. The van der Waals surface area contributed by atoms with Gasteiger partial charge in [-0.3, -0.25) is 0 Å². The fraction of sp³-hybridized carbons (Fsp3) is 0.0833. The van der Waals surface area contributed by atoms with Crippen LogP contribution in [-0.4, -0.2) is 4.98 Å². The molecule has 3 N–H and O–H groups in total. The largest absolute Gasteiger partial charge is 0.419 e. The number of halogens is 4. The number of rotatable bonds is 2. The number of nitrogens with two attached hydrogens (primary N) is 1. The molecule has 2 aromatic rings. The van der Waals surface area contributed by atoms with Gasteiger partial charge in [-0.05, 0) is 24.3 Å². The van der Waals surface area contributed by atoms with Crippen molar-refractivity contribution in [1.29, 1.82) is 0 Å². The van der Waals surface area contributed by atoms with Crippen LogP contribution in [0, 0.1) is 0 Å². The Balaban J connectivity index is 2.41. The fourth-order valence-corrected chi connectivity index (χ4v) is 1.69. The number of alkyl halides is 3. The van der Waals surface area contributed by atoms with Gasteiger partial charge in [-0.25, -0.2) is 4.98 Å². The van der Waals surface area contributed by atoms with E-state index in [4.69, 9.17) is 17.3 Å². The van der Waals surface area contributed by atoms with Crippen molar-refractivity contribution in [2.45, 2.75) is 6.18 Å². The highest BCUT2D eigenvalue weighted by Gasteiger charge is 2.34. The zero-order valence-electron chi connectivity index (χ0n) is 9.50. The Hall–Kier alpha value is -1.95. The average Bonchev–Trinajstić information content (AvgIpc) is 2.27. The maximum Gasteiger partial charge on any atom is 0.419 e. The number of nitrogen functional groups attached to an aromatic ring is 1. The van der Waals surface area contributed by atoms with E-state index in [0.29, 0.717) is 17.6 Å². The van der Waals surface area contributed by atoms with Crippen molar-refractivity contribution in [3.05, 3.63) is 47.2 Å². The third kappa shape index (κ3) is 3.29. The second-order valence-corrected chi connectivity index (χ2v) is 4.19. The van der Waals surface area contributed by atoms with E-state index in [1.807, 2.05) is 0 Å². The van der Waals surface area contributed by atoms with Gasteiger partial charge >= 0.3 is 6.18 Å². The van der Waals surface area contributed by atoms with Gasteiger partial charge in [-0.15, -0.1) is 0 Å². The standard InChI is InChI=1S/C12H9ClF3N3/c13-11-5-10(9(6-18-11)12(14,15)16)19-8-3-1-2-7(17)4-8/h1-6H,17H2,(H,18,19). The maximum absolute atomic E-state index is 12.8. The molecule has 0 aliphatic rings. The van der Waals surface area contributed by atoms with Crippen LogP contribution in [0.2, 0.25) is 5.15 Å². The second kappa shape index (κ2) is 4.97. The van der Waals surface area contributed by atoms with Gasteiger partial charge in [0.25, 0.3) is 0 Å². The third-order valence-corrected chi connectivity index (χ3v) is 2.55. The van der Waals surface area contributed by atoms with Crippen LogP contribution in [0.5, 0.6) is 0 Å². The Morgan fingerprint density at radius 3 is 2.58 bits per heavy atom. The van der Waals surface area contributed by atoms with Crippen molar-refractivity contribution < 1.29 is 13.2 Å². The molecule has 1 aromatic carbocycles. The van der Waals surface area contributed by atoms with Crippen LogP contribution in [0.3, 0.4) is 0 Å². The van der Waals surface area contributed by atoms with Gasteiger partial charge in [-0.1, -0.05) is 17.7 Å².